The van der Waals surface area contributed by atoms with Crippen LogP contribution < -0.4 is 11.1 Å². The molecule has 1 amide bonds. The van der Waals surface area contributed by atoms with Gasteiger partial charge in [-0.2, -0.15) is 0 Å². The van der Waals surface area contributed by atoms with E-state index in [0.717, 1.165) is 18.4 Å². The van der Waals surface area contributed by atoms with Crippen LogP contribution in [0.5, 0.6) is 0 Å². The van der Waals surface area contributed by atoms with Crippen molar-refractivity contribution in [1.29, 1.82) is 0 Å². The second-order valence-electron chi connectivity index (χ2n) is 5.27. The number of amides is 1. The predicted octanol–water partition coefficient (Wildman–Crippen LogP) is 2.14. The second kappa shape index (κ2) is 6.57. The molecule has 104 valence electrons. The highest BCUT2D eigenvalue weighted by molar-refractivity contribution is 5.76. The van der Waals surface area contributed by atoms with E-state index in [1.165, 1.54) is 12.8 Å². The van der Waals surface area contributed by atoms with E-state index in [4.69, 9.17) is 5.73 Å². The third kappa shape index (κ3) is 4.24. The molecule has 4 heteroatoms. The molecular formula is C15H22N2O2. The zero-order valence-corrected chi connectivity index (χ0v) is 11.1. The number of hydrogen-bond acceptors (Lipinski definition) is 3. The van der Waals surface area contributed by atoms with Gasteiger partial charge in [0.2, 0.25) is 5.91 Å². The van der Waals surface area contributed by atoms with Crippen molar-refractivity contribution >= 4 is 11.6 Å². The number of nitrogens with two attached hydrogens (primary N) is 1. The van der Waals surface area contributed by atoms with Crippen LogP contribution in [-0.4, -0.2) is 17.1 Å². The van der Waals surface area contributed by atoms with E-state index in [-0.39, 0.29) is 5.91 Å². The lowest BCUT2D eigenvalue weighted by Gasteiger charge is -2.14. The lowest BCUT2D eigenvalue weighted by atomic mass is 10.0. The highest BCUT2D eigenvalue weighted by Crippen LogP contribution is 2.21. The van der Waals surface area contributed by atoms with E-state index < -0.39 is 6.10 Å². The first-order valence-electron chi connectivity index (χ1n) is 6.98. The zero-order chi connectivity index (χ0) is 13.7. The highest BCUT2D eigenvalue weighted by Gasteiger charge is 2.17. The number of nitrogens with one attached hydrogen (secondary N) is 1. The minimum absolute atomic E-state index is 0.0369. The third-order valence-corrected chi connectivity index (χ3v) is 3.66. The number of carbonyl (C=O) groups excluding carboxylic acids is 1. The monoisotopic (exact) mass is 262 g/mol. The molecular weight excluding hydrogens is 240 g/mol. The fourth-order valence-electron chi connectivity index (χ4n) is 2.57. The summed E-state index contributed by atoms with van der Waals surface area (Å²) in [5.41, 5.74) is 7.07. The summed E-state index contributed by atoms with van der Waals surface area (Å²) in [6, 6.07) is 7.52. The molecule has 0 saturated heterocycles. The van der Waals surface area contributed by atoms with E-state index in [9.17, 15) is 9.90 Å². The first kappa shape index (κ1) is 13.9. The van der Waals surface area contributed by atoms with Crippen molar-refractivity contribution in [3.8, 4) is 0 Å². The average Bonchev–Trinajstić information content (AvgIpc) is 2.88. The largest absolute Gasteiger partial charge is 0.399 e. The number of anilines is 1. The van der Waals surface area contributed by atoms with Crippen molar-refractivity contribution in [3.05, 3.63) is 29.8 Å². The Morgan fingerprint density at radius 3 is 2.84 bits per heavy atom. The lowest BCUT2D eigenvalue weighted by molar-refractivity contribution is -0.122. The summed E-state index contributed by atoms with van der Waals surface area (Å²) < 4.78 is 0. The summed E-state index contributed by atoms with van der Waals surface area (Å²) in [6.45, 7) is 0. The van der Waals surface area contributed by atoms with Gasteiger partial charge in [-0.05, 0) is 37.0 Å². The molecule has 1 atom stereocenters. The SMILES string of the molecule is Nc1cccc(C(O)CCC(=O)NC2CCCC2)c1. The molecule has 1 aliphatic rings. The van der Waals surface area contributed by atoms with Gasteiger partial charge in [-0.25, -0.2) is 0 Å². The van der Waals surface area contributed by atoms with E-state index >= 15 is 0 Å². The smallest absolute Gasteiger partial charge is 0.220 e. The van der Waals surface area contributed by atoms with Crippen LogP contribution >= 0.6 is 0 Å². The number of nitrogen functional groups attached to an aromatic ring is 1. The Hall–Kier alpha value is -1.55. The quantitative estimate of drug-likeness (QED) is 0.712. The average molecular weight is 262 g/mol. The van der Waals surface area contributed by atoms with Gasteiger partial charge >= 0.3 is 0 Å². The van der Waals surface area contributed by atoms with Crippen molar-refractivity contribution in [2.45, 2.75) is 50.7 Å². The topological polar surface area (TPSA) is 75.3 Å². The van der Waals surface area contributed by atoms with Crippen molar-refractivity contribution in [2.75, 3.05) is 5.73 Å². The molecule has 0 heterocycles. The van der Waals surface area contributed by atoms with Crippen LogP contribution in [-0.2, 0) is 4.79 Å². The Morgan fingerprint density at radius 2 is 2.16 bits per heavy atom. The number of carbonyl (C=O) groups is 1. The van der Waals surface area contributed by atoms with Crippen molar-refractivity contribution in [2.24, 2.45) is 0 Å². The van der Waals surface area contributed by atoms with Crippen molar-refractivity contribution in [3.63, 3.8) is 0 Å². The van der Waals surface area contributed by atoms with E-state index in [2.05, 4.69) is 5.32 Å². The van der Waals surface area contributed by atoms with Crippen LogP contribution in [0.15, 0.2) is 24.3 Å². The standard InChI is InChI=1S/C15H22N2O2/c16-12-5-3-4-11(10-12)14(18)8-9-15(19)17-13-6-1-2-7-13/h3-5,10,13-14,18H,1-2,6-9,16H2,(H,17,19). The summed E-state index contributed by atoms with van der Waals surface area (Å²) in [7, 11) is 0. The molecule has 4 nitrogen and oxygen atoms in total. The summed E-state index contributed by atoms with van der Waals surface area (Å²) in [5, 5.41) is 13.0. The molecule has 1 saturated carbocycles. The van der Waals surface area contributed by atoms with Gasteiger partial charge in [0, 0.05) is 18.2 Å². The lowest BCUT2D eigenvalue weighted by Crippen LogP contribution is -2.32. The van der Waals surface area contributed by atoms with Crippen LogP contribution in [0, 0.1) is 0 Å². The molecule has 2 rings (SSSR count). The van der Waals surface area contributed by atoms with Crippen LogP contribution in [0.3, 0.4) is 0 Å². The van der Waals surface area contributed by atoms with Gasteiger partial charge in [0.1, 0.15) is 0 Å². The Balaban J connectivity index is 1.76. The summed E-state index contributed by atoms with van der Waals surface area (Å²) in [4.78, 5) is 11.8. The van der Waals surface area contributed by atoms with Crippen molar-refractivity contribution < 1.29 is 9.90 Å². The molecule has 1 aliphatic carbocycles. The van der Waals surface area contributed by atoms with Crippen LogP contribution in [0.25, 0.3) is 0 Å². The highest BCUT2D eigenvalue weighted by atomic mass is 16.3. The van der Waals surface area contributed by atoms with Crippen LogP contribution in [0.2, 0.25) is 0 Å². The van der Waals surface area contributed by atoms with Crippen LogP contribution in [0.4, 0.5) is 5.69 Å². The maximum atomic E-state index is 11.8. The molecule has 4 N–H and O–H groups in total. The molecule has 1 fully saturated rings. The van der Waals surface area contributed by atoms with Crippen LogP contribution in [0.1, 0.15) is 50.2 Å². The fourth-order valence-corrected chi connectivity index (χ4v) is 2.57. The molecule has 1 aromatic rings. The maximum absolute atomic E-state index is 11.8. The first-order chi connectivity index (χ1) is 9.15. The third-order valence-electron chi connectivity index (χ3n) is 3.66. The van der Waals surface area contributed by atoms with Gasteiger partial charge in [0.05, 0.1) is 6.10 Å². The van der Waals surface area contributed by atoms with Gasteiger partial charge in [-0.3, -0.25) is 4.79 Å². The zero-order valence-electron chi connectivity index (χ0n) is 11.1. The molecule has 1 aromatic carbocycles. The summed E-state index contributed by atoms with van der Waals surface area (Å²) >= 11 is 0. The first-order valence-corrected chi connectivity index (χ1v) is 6.98. The predicted molar refractivity (Wildman–Crippen MR) is 75.4 cm³/mol. The van der Waals surface area contributed by atoms with Gasteiger partial charge in [0.25, 0.3) is 0 Å². The molecule has 0 bridgehead atoms. The minimum Gasteiger partial charge on any atom is -0.399 e. The normalized spacial score (nSPS) is 17.3. The number of rotatable bonds is 5. The Bertz CT molecular complexity index is 428. The number of aliphatic hydroxyl groups excluding tert-OH is 1. The molecule has 0 spiro atoms. The second-order valence-corrected chi connectivity index (χ2v) is 5.27. The summed E-state index contributed by atoms with van der Waals surface area (Å²) in [6.07, 6.45) is 4.74. The maximum Gasteiger partial charge on any atom is 0.220 e. The van der Waals surface area contributed by atoms with Gasteiger partial charge in [-0.15, -0.1) is 0 Å². The number of aliphatic hydroxyl groups is 1. The minimum atomic E-state index is -0.627. The van der Waals surface area contributed by atoms with E-state index in [0.29, 0.717) is 24.6 Å². The molecule has 0 radical (unpaired) electrons. The Labute approximate surface area is 114 Å². The number of hydrogen-bond donors (Lipinski definition) is 3. The van der Waals surface area contributed by atoms with Gasteiger partial charge < -0.3 is 16.2 Å². The Kier molecular flexibility index (Phi) is 4.80. The summed E-state index contributed by atoms with van der Waals surface area (Å²) in [5.74, 6) is 0.0369. The Morgan fingerprint density at radius 1 is 1.42 bits per heavy atom. The van der Waals surface area contributed by atoms with E-state index in [1.807, 2.05) is 12.1 Å². The molecule has 0 aromatic heterocycles. The molecule has 19 heavy (non-hydrogen) atoms. The van der Waals surface area contributed by atoms with E-state index in [1.54, 1.807) is 12.1 Å². The van der Waals surface area contributed by atoms with Gasteiger partial charge in [0.15, 0.2) is 0 Å². The van der Waals surface area contributed by atoms with Crippen molar-refractivity contribution in [1.82, 2.24) is 5.32 Å². The fraction of sp³-hybridized carbons (Fsp3) is 0.533. The molecule has 0 aliphatic heterocycles. The molecule has 1 unspecified atom stereocenters. The number of benzene rings is 1. The van der Waals surface area contributed by atoms with Gasteiger partial charge in [-0.1, -0.05) is 25.0 Å².